The van der Waals surface area contributed by atoms with E-state index >= 15 is 0 Å². The first-order valence-corrected chi connectivity index (χ1v) is 5.92. The first-order valence-electron chi connectivity index (χ1n) is 5.92. The number of hydrogen-bond donors (Lipinski definition) is 1. The predicted molar refractivity (Wildman–Crippen MR) is 70.7 cm³/mol. The third-order valence-electron chi connectivity index (χ3n) is 2.38. The van der Waals surface area contributed by atoms with Gasteiger partial charge in [0.2, 0.25) is 5.88 Å². The molecule has 0 fully saturated rings. The van der Waals surface area contributed by atoms with E-state index in [9.17, 15) is 9.18 Å². The number of halogens is 1. The van der Waals surface area contributed by atoms with Gasteiger partial charge in [-0.05, 0) is 39.0 Å². The van der Waals surface area contributed by atoms with Crippen molar-refractivity contribution in [3.05, 3.63) is 29.6 Å². The van der Waals surface area contributed by atoms with Gasteiger partial charge >= 0.3 is 6.09 Å². The highest BCUT2D eigenvalue weighted by Gasteiger charge is 2.21. The van der Waals surface area contributed by atoms with Gasteiger partial charge in [0, 0.05) is 5.39 Å². The monoisotopic (exact) mass is 276 g/mol. The van der Waals surface area contributed by atoms with Crippen LogP contribution in [0.15, 0.2) is 22.6 Å². The number of fused-ring (bicyclic) bond motifs is 1. The van der Waals surface area contributed by atoms with Gasteiger partial charge < -0.3 is 9.15 Å². The average molecular weight is 276 g/mol. The van der Waals surface area contributed by atoms with Crippen LogP contribution in [0.4, 0.5) is 15.1 Å². The number of carbonyl (C=O) groups excluding carboxylic acids is 1. The second kappa shape index (κ2) is 4.85. The Hall–Kier alpha value is -2.55. The molecule has 1 amide bonds. The SMILES string of the molecule is CC(C)(C)OC(=O)Nc1oc2ccc(F)cc2c1C#N. The number of rotatable bonds is 1. The Kier molecular flexibility index (Phi) is 3.36. The lowest BCUT2D eigenvalue weighted by atomic mass is 10.2. The minimum absolute atomic E-state index is 0.0534. The summed E-state index contributed by atoms with van der Waals surface area (Å²) in [6, 6.07) is 5.67. The summed E-state index contributed by atoms with van der Waals surface area (Å²) < 4.78 is 23.6. The zero-order chi connectivity index (χ0) is 14.9. The van der Waals surface area contributed by atoms with E-state index in [4.69, 9.17) is 14.4 Å². The molecule has 5 nitrogen and oxygen atoms in total. The summed E-state index contributed by atoms with van der Waals surface area (Å²) in [5.74, 6) is -0.541. The van der Waals surface area contributed by atoms with Crippen LogP contribution < -0.4 is 5.32 Å². The van der Waals surface area contributed by atoms with E-state index in [1.165, 1.54) is 18.2 Å². The van der Waals surface area contributed by atoms with Gasteiger partial charge in [-0.25, -0.2) is 9.18 Å². The number of furan rings is 1. The molecule has 0 unspecified atom stereocenters. The molecule has 0 saturated heterocycles. The third-order valence-corrected chi connectivity index (χ3v) is 2.38. The first kappa shape index (κ1) is 13.9. The van der Waals surface area contributed by atoms with Crippen LogP contribution in [0.25, 0.3) is 11.0 Å². The number of carbonyl (C=O) groups is 1. The smallest absolute Gasteiger partial charge is 0.414 e. The normalized spacial score (nSPS) is 11.2. The van der Waals surface area contributed by atoms with Crippen molar-refractivity contribution < 1.29 is 18.3 Å². The van der Waals surface area contributed by atoms with Gasteiger partial charge in [-0.2, -0.15) is 5.26 Å². The van der Waals surface area contributed by atoms with Crippen LogP contribution in [-0.4, -0.2) is 11.7 Å². The van der Waals surface area contributed by atoms with E-state index in [1.807, 2.05) is 6.07 Å². The highest BCUT2D eigenvalue weighted by atomic mass is 19.1. The number of ether oxygens (including phenoxy) is 1. The number of amides is 1. The van der Waals surface area contributed by atoms with Crippen molar-refractivity contribution >= 4 is 22.9 Å². The van der Waals surface area contributed by atoms with Gasteiger partial charge in [-0.1, -0.05) is 0 Å². The van der Waals surface area contributed by atoms with Crippen molar-refractivity contribution in [1.82, 2.24) is 0 Å². The molecule has 2 aromatic rings. The highest BCUT2D eigenvalue weighted by molar-refractivity contribution is 5.94. The Morgan fingerprint density at radius 3 is 2.75 bits per heavy atom. The zero-order valence-electron chi connectivity index (χ0n) is 11.3. The largest absolute Gasteiger partial charge is 0.444 e. The quantitative estimate of drug-likeness (QED) is 0.859. The maximum Gasteiger partial charge on any atom is 0.414 e. The minimum atomic E-state index is -0.742. The maximum absolute atomic E-state index is 13.2. The number of nitrogens with one attached hydrogen (secondary N) is 1. The van der Waals surface area contributed by atoms with Crippen LogP contribution in [0.1, 0.15) is 26.3 Å². The lowest BCUT2D eigenvalue weighted by molar-refractivity contribution is 0.0633. The van der Waals surface area contributed by atoms with Crippen molar-refractivity contribution in [2.75, 3.05) is 5.32 Å². The molecule has 0 aliphatic heterocycles. The predicted octanol–water partition coefficient (Wildman–Crippen LogP) is 3.79. The summed E-state index contributed by atoms with van der Waals surface area (Å²) in [6.45, 7) is 5.14. The van der Waals surface area contributed by atoms with Crippen LogP contribution in [0.5, 0.6) is 0 Å². The minimum Gasteiger partial charge on any atom is -0.444 e. The molecule has 0 aliphatic carbocycles. The second-order valence-electron chi connectivity index (χ2n) is 5.19. The number of benzene rings is 1. The number of nitriles is 1. The summed E-state index contributed by atoms with van der Waals surface area (Å²) in [6.07, 6.45) is -0.742. The van der Waals surface area contributed by atoms with Crippen molar-refractivity contribution in [3.8, 4) is 6.07 Å². The van der Waals surface area contributed by atoms with Crippen LogP contribution in [-0.2, 0) is 4.74 Å². The van der Waals surface area contributed by atoms with E-state index in [-0.39, 0.29) is 11.4 Å². The van der Waals surface area contributed by atoms with Gasteiger partial charge in [0.25, 0.3) is 0 Å². The fraction of sp³-hybridized carbons (Fsp3) is 0.286. The Balaban J connectivity index is 2.36. The number of anilines is 1. The molecule has 0 bridgehead atoms. The summed E-state index contributed by atoms with van der Waals surface area (Å²) in [5.41, 5.74) is -0.297. The topological polar surface area (TPSA) is 75.3 Å². The van der Waals surface area contributed by atoms with Gasteiger partial charge in [-0.3, -0.25) is 5.32 Å². The van der Waals surface area contributed by atoms with Gasteiger partial charge in [0.05, 0.1) is 0 Å². The molecule has 1 N–H and O–H groups in total. The van der Waals surface area contributed by atoms with Gasteiger partial charge in [0.1, 0.15) is 28.6 Å². The standard InChI is InChI=1S/C14H13FN2O3/c1-14(2,3)20-13(18)17-12-10(7-16)9-6-8(15)4-5-11(9)19-12/h4-6H,1-3H3,(H,17,18). The summed E-state index contributed by atoms with van der Waals surface area (Å²) in [5, 5.41) is 11.8. The number of nitrogens with zero attached hydrogens (tertiary/aromatic N) is 1. The van der Waals surface area contributed by atoms with E-state index in [0.717, 1.165) is 0 Å². The van der Waals surface area contributed by atoms with Crippen molar-refractivity contribution in [2.45, 2.75) is 26.4 Å². The summed E-state index contributed by atoms with van der Waals surface area (Å²) in [4.78, 5) is 11.7. The highest BCUT2D eigenvalue weighted by Crippen LogP contribution is 2.30. The molecule has 1 aromatic heterocycles. The fourth-order valence-corrected chi connectivity index (χ4v) is 1.67. The molecule has 1 aromatic carbocycles. The zero-order valence-corrected chi connectivity index (χ0v) is 11.3. The van der Waals surface area contributed by atoms with E-state index in [0.29, 0.717) is 11.0 Å². The Morgan fingerprint density at radius 1 is 1.45 bits per heavy atom. The van der Waals surface area contributed by atoms with Crippen molar-refractivity contribution in [2.24, 2.45) is 0 Å². The van der Waals surface area contributed by atoms with E-state index in [1.54, 1.807) is 20.8 Å². The molecule has 0 aliphatic rings. The number of hydrogen-bond acceptors (Lipinski definition) is 4. The molecular formula is C14H13FN2O3. The van der Waals surface area contributed by atoms with Gasteiger partial charge in [-0.15, -0.1) is 0 Å². The molecule has 2 rings (SSSR count). The lowest BCUT2D eigenvalue weighted by Crippen LogP contribution is -2.27. The molecule has 0 atom stereocenters. The average Bonchev–Trinajstić information content (AvgIpc) is 2.62. The first-order chi connectivity index (χ1) is 9.30. The molecule has 0 saturated carbocycles. The van der Waals surface area contributed by atoms with Crippen molar-refractivity contribution in [1.29, 1.82) is 5.26 Å². The molecule has 20 heavy (non-hydrogen) atoms. The molecule has 1 heterocycles. The molecule has 0 spiro atoms. The molecular weight excluding hydrogens is 263 g/mol. The van der Waals surface area contributed by atoms with Crippen LogP contribution >= 0.6 is 0 Å². The summed E-state index contributed by atoms with van der Waals surface area (Å²) in [7, 11) is 0. The van der Waals surface area contributed by atoms with E-state index < -0.39 is 17.5 Å². The van der Waals surface area contributed by atoms with Crippen LogP contribution in [0.3, 0.4) is 0 Å². The lowest BCUT2D eigenvalue weighted by Gasteiger charge is -2.19. The molecule has 6 heteroatoms. The summed E-state index contributed by atoms with van der Waals surface area (Å²) >= 11 is 0. The van der Waals surface area contributed by atoms with Crippen LogP contribution in [0.2, 0.25) is 0 Å². The fourth-order valence-electron chi connectivity index (χ4n) is 1.67. The Labute approximate surface area is 114 Å². The Bertz CT molecular complexity index is 708. The van der Waals surface area contributed by atoms with Crippen LogP contribution in [0, 0.1) is 17.1 Å². The molecule has 104 valence electrons. The van der Waals surface area contributed by atoms with Gasteiger partial charge in [0.15, 0.2) is 0 Å². The Morgan fingerprint density at radius 2 is 2.15 bits per heavy atom. The van der Waals surface area contributed by atoms with Crippen molar-refractivity contribution in [3.63, 3.8) is 0 Å². The molecule has 0 radical (unpaired) electrons. The maximum atomic E-state index is 13.2. The third kappa shape index (κ3) is 2.88. The second-order valence-corrected chi connectivity index (χ2v) is 5.19. The van der Waals surface area contributed by atoms with E-state index in [2.05, 4.69) is 5.32 Å².